The van der Waals surface area contributed by atoms with Crippen molar-refractivity contribution in [2.75, 3.05) is 11.1 Å². The van der Waals surface area contributed by atoms with E-state index in [4.69, 9.17) is 10.3 Å². The first kappa shape index (κ1) is 17.2. The maximum absolute atomic E-state index is 5.86. The Morgan fingerprint density at radius 2 is 1.96 bits per heavy atom. The molecule has 0 atom stereocenters. The van der Waals surface area contributed by atoms with Crippen LogP contribution in [-0.2, 0) is 6.54 Å². The number of anilines is 2. The van der Waals surface area contributed by atoms with Gasteiger partial charge in [-0.05, 0) is 43.5 Å². The molecule has 4 aromatic heterocycles. The zero-order valence-corrected chi connectivity index (χ0v) is 15.7. The fraction of sp³-hybridized carbons (Fsp3) is 0.158. The molecular formula is C19H18N6OS. The van der Waals surface area contributed by atoms with Gasteiger partial charge in [-0.2, -0.15) is 11.3 Å². The number of pyridine rings is 1. The van der Waals surface area contributed by atoms with Crippen LogP contribution in [0.3, 0.4) is 0 Å². The third-order valence-corrected chi connectivity index (χ3v) is 4.92. The molecular weight excluding hydrogens is 360 g/mol. The van der Waals surface area contributed by atoms with E-state index in [-0.39, 0.29) is 0 Å². The number of hydrogen-bond acceptors (Lipinski definition) is 8. The lowest BCUT2D eigenvalue weighted by atomic mass is 10.1. The van der Waals surface area contributed by atoms with Crippen molar-refractivity contribution >= 4 is 23.0 Å². The molecule has 0 spiro atoms. The van der Waals surface area contributed by atoms with Crippen LogP contribution in [0.15, 0.2) is 45.7 Å². The molecule has 0 aromatic carbocycles. The predicted molar refractivity (Wildman–Crippen MR) is 106 cm³/mol. The van der Waals surface area contributed by atoms with Crippen molar-refractivity contribution < 1.29 is 4.52 Å². The fourth-order valence-corrected chi connectivity index (χ4v) is 3.33. The first-order valence-corrected chi connectivity index (χ1v) is 9.34. The normalized spacial score (nSPS) is 10.9. The Labute approximate surface area is 160 Å². The molecule has 0 saturated heterocycles. The van der Waals surface area contributed by atoms with Crippen LogP contribution in [0.4, 0.5) is 11.6 Å². The molecule has 3 N–H and O–H groups in total. The van der Waals surface area contributed by atoms with Gasteiger partial charge in [-0.3, -0.25) is 0 Å². The van der Waals surface area contributed by atoms with Crippen LogP contribution in [0.2, 0.25) is 0 Å². The molecule has 4 heterocycles. The van der Waals surface area contributed by atoms with Gasteiger partial charge >= 0.3 is 0 Å². The molecule has 136 valence electrons. The monoisotopic (exact) mass is 378 g/mol. The summed E-state index contributed by atoms with van der Waals surface area (Å²) >= 11 is 1.64. The molecule has 0 aliphatic heterocycles. The van der Waals surface area contributed by atoms with E-state index in [0.717, 1.165) is 28.2 Å². The van der Waals surface area contributed by atoms with E-state index in [1.165, 1.54) is 0 Å². The van der Waals surface area contributed by atoms with Gasteiger partial charge in [-0.1, -0.05) is 5.16 Å². The van der Waals surface area contributed by atoms with E-state index < -0.39 is 0 Å². The average molecular weight is 378 g/mol. The van der Waals surface area contributed by atoms with Crippen molar-refractivity contribution in [2.24, 2.45) is 0 Å². The predicted octanol–water partition coefficient (Wildman–Crippen LogP) is 4.07. The van der Waals surface area contributed by atoms with Crippen LogP contribution in [0.25, 0.3) is 22.7 Å². The first-order chi connectivity index (χ1) is 13.1. The van der Waals surface area contributed by atoms with Crippen LogP contribution in [-0.4, -0.2) is 20.1 Å². The Balaban J connectivity index is 1.58. The summed E-state index contributed by atoms with van der Waals surface area (Å²) in [6.07, 6.45) is 1.74. The van der Waals surface area contributed by atoms with Crippen LogP contribution in [0.1, 0.15) is 17.0 Å². The summed E-state index contributed by atoms with van der Waals surface area (Å²) < 4.78 is 5.51. The third kappa shape index (κ3) is 3.52. The number of nitrogens with two attached hydrogens (primary N) is 1. The van der Waals surface area contributed by atoms with Crippen LogP contribution >= 0.6 is 11.3 Å². The Bertz CT molecular complexity index is 1070. The summed E-state index contributed by atoms with van der Waals surface area (Å²) in [5.74, 6) is 1.17. The second-order valence-electron chi connectivity index (χ2n) is 6.08. The van der Waals surface area contributed by atoms with Gasteiger partial charge in [0.2, 0.25) is 5.95 Å². The smallest absolute Gasteiger partial charge is 0.223 e. The maximum atomic E-state index is 5.86. The highest BCUT2D eigenvalue weighted by atomic mass is 32.1. The summed E-state index contributed by atoms with van der Waals surface area (Å²) in [7, 11) is 0. The van der Waals surface area contributed by atoms with Crippen molar-refractivity contribution in [2.45, 2.75) is 20.4 Å². The molecule has 0 radical (unpaired) electrons. The minimum absolute atomic E-state index is 0.475. The maximum Gasteiger partial charge on any atom is 0.223 e. The number of nitrogens with one attached hydrogen (secondary N) is 1. The quantitative estimate of drug-likeness (QED) is 0.539. The van der Waals surface area contributed by atoms with E-state index in [2.05, 4.69) is 30.8 Å². The Hall–Kier alpha value is -3.26. The van der Waals surface area contributed by atoms with Gasteiger partial charge in [-0.15, -0.1) is 0 Å². The van der Waals surface area contributed by atoms with Crippen LogP contribution in [0, 0.1) is 13.8 Å². The number of nitrogen functional groups attached to an aromatic ring is 1. The second kappa shape index (κ2) is 7.16. The molecule has 0 unspecified atom stereocenters. The standard InChI is InChI=1S/C19H18N6OS/c1-11-14(18(26-25-11)17-4-3-15(20)12(2)23-17)9-22-19-21-7-5-16(24-19)13-6-8-27-10-13/h3-8,10H,9,20H2,1-2H3,(H,21,22,24). The summed E-state index contributed by atoms with van der Waals surface area (Å²) in [5, 5.41) is 11.4. The summed E-state index contributed by atoms with van der Waals surface area (Å²) in [6.45, 7) is 4.24. The topological polar surface area (TPSA) is 103 Å². The largest absolute Gasteiger partial charge is 0.397 e. The summed E-state index contributed by atoms with van der Waals surface area (Å²) in [6, 6.07) is 7.58. The van der Waals surface area contributed by atoms with Crippen molar-refractivity contribution in [3.63, 3.8) is 0 Å². The van der Waals surface area contributed by atoms with Gasteiger partial charge in [0.05, 0.1) is 22.8 Å². The number of nitrogens with zero attached hydrogens (tertiary/aromatic N) is 4. The van der Waals surface area contributed by atoms with Crippen molar-refractivity contribution in [3.05, 3.63) is 58.2 Å². The average Bonchev–Trinajstić information content (AvgIpc) is 3.33. The molecule has 7 nitrogen and oxygen atoms in total. The summed E-state index contributed by atoms with van der Waals surface area (Å²) in [4.78, 5) is 13.4. The molecule has 0 aliphatic carbocycles. The molecule has 0 saturated carbocycles. The van der Waals surface area contributed by atoms with Gasteiger partial charge in [0.1, 0.15) is 5.69 Å². The van der Waals surface area contributed by atoms with E-state index in [0.29, 0.717) is 29.6 Å². The first-order valence-electron chi connectivity index (χ1n) is 8.40. The van der Waals surface area contributed by atoms with E-state index in [1.54, 1.807) is 17.5 Å². The van der Waals surface area contributed by atoms with Gasteiger partial charge in [0.25, 0.3) is 0 Å². The second-order valence-corrected chi connectivity index (χ2v) is 6.86. The molecule has 4 aromatic rings. The number of rotatable bonds is 5. The number of aryl methyl sites for hydroxylation is 2. The van der Waals surface area contributed by atoms with Crippen molar-refractivity contribution in [1.82, 2.24) is 20.1 Å². The molecule has 0 aliphatic rings. The molecule has 0 fully saturated rings. The molecule has 0 amide bonds. The van der Waals surface area contributed by atoms with Crippen LogP contribution in [0.5, 0.6) is 0 Å². The minimum Gasteiger partial charge on any atom is -0.397 e. The zero-order chi connectivity index (χ0) is 18.8. The molecule has 27 heavy (non-hydrogen) atoms. The SMILES string of the molecule is Cc1nc(-c2onc(C)c2CNc2nccc(-c3ccsc3)n2)ccc1N. The highest BCUT2D eigenvalue weighted by Gasteiger charge is 2.17. The summed E-state index contributed by atoms with van der Waals surface area (Å²) in [5.41, 5.74) is 11.6. The third-order valence-electron chi connectivity index (χ3n) is 4.24. The molecule has 8 heteroatoms. The highest BCUT2D eigenvalue weighted by molar-refractivity contribution is 7.08. The zero-order valence-electron chi connectivity index (χ0n) is 14.9. The van der Waals surface area contributed by atoms with Crippen molar-refractivity contribution in [3.8, 4) is 22.7 Å². The Morgan fingerprint density at radius 3 is 2.74 bits per heavy atom. The lowest BCUT2D eigenvalue weighted by molar-refractivity contribution is 0.425. The Kier molecular flexibility index (Phi) is 4.55. The molecule has 0 bridgehead atoms. The van der Waals surface area contributed by atoms with Crippen molar-refractivity contribution in [1.29, 1.82) is 0 Å². The highest BCUT2D eigenvalue weighted by Crippen LogP contribution is 2.27. The minimum atomic E-state index is 0.475. The van der Waals surface area contributed by atoms with Gasteiger partial charge in [-0.25, -0.2) is 15.0 Å². The van der Waals surface area contributed by atoms with Gasteiger partial charge in [0.15, 0.2) is 5.76 Å². The number of thiophene rings is 1. The van der Waals surface area contributed by atoms with Gasteiger partial charge in [0, 0.05) is 29.2 Å². The van der Waals surface area contributed by atoms with Crippen LogP contribution < -0.4 is 11.1 Å². The number of aromatic nitrogens is 4. The lowest BCUT2D eigenvalue weighted by Gasteiger charge is -2.07. The van der Waals surface area contributed by atoms with E-state index in [1.807, 2.05) is 43.5 Å². The Morgan fingerprint density at radius 1 is 1.07 bits per heavy atom. The number of hydrogen-bond donors (Lipinski definition) is 2. The molecule has 4 rings (SSSR count). The van der Waals surface area contributed by atoms with E-state index >= 15 is 0 Å². The lowest BCUT2D eigenvalue weighted by Crippen LogP contribution is -2.05. The fourth-order valence-electron chi connectivity index (χ4n) is 2.68. The van der Waals surface area contributed by atoms with Gasteiger partial charge < -0.3 is 15.6 Å². The van der Waals surface area contributed by atoms with E-state index in [9.17, 15) is 0 Å².